The first kappa shape index (κ1) is 14.8. The van der Waals surface area contributed by atoms with Gasteiger partial charge in [-0.1, -0.05) is 12.1 Å². The maximum absolute atomic E-state index is 13.4. The quantitative estimate of drug-likeness (QED) is 0.528. The number of anilines is 1. The van der Waals surface area contributed by atoms with Gasteiger partial charge in [0.25, 0.3) is 5.69 Å². The third-order valence-corrected chi connectivity index (χ3v) is 2.96. The van der Waals surface area contributed by atoms with E-state index < -0.39 is 22.4 Å². The summed E-state index contributed by atoms with van der Waals surface area (Å²) in [6, 6.07) is 5.69. The van der Waals surface area contributed by atoms with E-state index in [1.165, 1.54) is 6.07 Å². The van der Waals surface area contributed by atoms with Crippen molar-refractivity contribution in [1.29, 1.82) is 0 Å². The summed E-state index contributed by atoms with van der Waals surface area (Å²) in [5.41, 5.74) is 0.761. The topological polar surface area (TPSA) is 55.2 Å². The SMILES string of the molecule is Cc1ccc(CNc2cc(F)c(F)cc2F)cc1[N+](=O)[O-]. The highest BCUT2D eigenvalue weighted by atomic mass is 19.2. The second kappa shape index (κ2) is 5.82. The minimum atomic E-state index is -1.27. The van der Waals surface area contributed by atoms with Crippen molar-refractivity contribution in [3.05, 3.63) is 69.0 Å². The normalized spacial score (nSPS) is 10.5. The van der Waals surface area contributed by atoms with E-state index in [0.29, 0.717) is 23.3 Å². The van der Waals surface area contributed by atoms with Crippen LogP contribution in [0.2, 0.25) is 0 Å². The van der Waals surface area contributed by atoms with Gasteiger partial charge in [-0.05, 0) is 12.5 Å². The zero-order valence-electron chi connectivity index (χ0n) is 11.0. The van der Waals surface area contributed by atoms with E-state index in [2.05, 4.69) is 5.32 Å². The summed E-state index contributed by atoms with van der Waals surface area (Å²) in [5.74, 6) is -3.38. The van der Waals surface area contributed by atoms with Crippen LogP contribution in [0.3, 0.4) is 0 Å². The third kappa shape index (κ3) is 3.31. The van der Waals surface area contributed by atoms with Crippen LogP contribution in [0.25, 0.3) is 0 Å². The molecule has 2 aromatic carbocycles. The first-order valence-electron chi connectivity index (χ1n) is 6.01. The van der Waals surface area contributed by atoms with E-state index in [-0.39, 0.29) is 17.9 Å². The molecule has 0 saturated heterocycles. The van der Waals surface area contributed by atoms with Crippen LogP contribution in [0, 0.1) is 34.5 Å². The molecular formula is C14H11F3N2O2. The van der Waals surface area contributed by atoms with Crippen LogP contribution in [0.15, 0.2) is 30.3 Å². The molecular weight excluding hydrogens is 285 g/mol. The Hall–Kier alpha value is -2.57. The largest absolute Gasteiger partial charge is 0.379 e. The summed E-state index contributed by atoms with van der Waals surface area (Å²) in [5, 5.41) is 13.4. The van der Waals surface area contributed by atoms with Crippen molar-refractivity contribution in [1.82, 2.24) is 0 Å². The molecule has 2 aromatic rings. The number of hydrogen-bond donors (Lipinski definition) is 1. The molecule has 0 unspecified atom stereocenters. The molecule has 21 heavy (non-hydrogen) atoms. The molecule has 0 saturated carbocycles. The Labute approximate surface area is 118 Å². The third-order valence-electron chi connectivity index (χ3n) is 2.96. The summed E-state index contributed by atoms with van der Waals surface area (Å²) in [4.78, 5) is 10.3. The van der Waals surface area contributed by atoms with Crippen molar-refractivity contribution in [3.63, 3.8) is 0 Å². The average molecular weight is 296 g/mol. The van der Waals surface area contributed by atoms with E-state index in [4.69, 9.17) is 0 Å². The molecule has 1 N–H and O–H groups in total. The number of aryl methyl sites for hydroxylation is 1. The van der Waals surface area contributed by atoms with E-state index >= 15 is 0 Å². The number of nitro groups is 1. The fourth-order valence-corrected chi connectivity index (χ4v) is 1.82. The standard InChI is InChI=1S/C14H11F3N2O2/c1-8-2-3-9(4-14(8)19(20)21)7-18-13-6-11(16)10(15)5-12(13)17/h2-6,18H,7H2,1H3. The molecule has 110 valence electrons. The molecule has 0 aliphatic carbocycles. The monoisotopic (exact) mass is 296 g/mol. The number of nitrogens with one attached hydrogen (secondary N) is 1. The Kier molecular flexibility index (Phi) is 4.11. The summed E-state index contributed by atoms with van der Waals surface area (Å²) in [7, 11) is 0. The van der Waals surface area contributed by atoms with Gasteiger partial charge < -0.3 is 5.32 Å². The first-order chi connectivity index (χ1) is 9.88. The van der Waals surface area contributed by atoms with Crippen molar-refractivity contribution >= 4 is 11.4 Å². The summed E-state index contributed by atoms with van der Waals surface area (Å²) < 4.78 is 39.3. The van der Waals surface area contributed by atoms with Crippen molar-refractivity contribution < 1.29 is 18.1 Å². The molecule has 0 spiro atoms. The number of hydrogen-bond acceptors (Lipinski definition) is 3. The lowest BCUT2D eigenvalue weighted by molar-refractivity contribution is -0.385. The minimum Gasteiger partial charge on any atom is -0.379 e. The summed E-state index contributed by atoms with van der Waals surface area (Å²) >= 11 is 0. The van der Waals surface area contributed by atoms with Crippen LogP contribution in [-0.2, 0) is 6.54 Å². The van der Waals surface area contributed by atoms with Gasteiger partial charge in [-0.25, -0.2) is 13.2 Å². The molecule has 4 nitrogen and oxygen atoms in total. The Bertz CT molecular complexity index is 705. The highest BCUT2D eigenvalue weighted by Crippen LogP contribution is 2.22. The fraction of sp³-hybridized carbons (Fsp3) is 0.143. The van der Waals surface area contributed by atoms with Gasteiger partial charge in [-0.3, -0.25) is 10.1 Å². The Morgan fingerprint density at radius 1 is 1.10 bits per heavy atom. The van der Waals surface area contributed by atoms with Crippen LogP contribution in [-0.4, -0.2) is 4.92 Å². The van der Waals surface area contributed by atoms with E-state index in [1.807, 2.05) is 0 Å². The number of rotatable bonds is 4. The van der Waals surface area contributed by atoms with Crippen LogP contribution >= 0.6 is 0 Å². The second-order valence-corrected chi connectivity index (χ2v) is 4.48. The summed E-state index contributed by atoms with van der Waals surface area (Å²) in [6.45, 7) is 1.65. The van der Waals surface area contributed by atoms with Gasteiger partial charge in [-0.15, -0.1) is 0 Å². The van der Waals surface area contributed by atoms with Crippen molar-refractivity contribution in [2.45, 2.75) is 13.5 Å². The predicted octanol–water partition coefficient (Wildman–Crippen LogP) is 3.93. The molecule has 0 amide bonds. The van der Waals surface area contributed by atoms with Crippen LogP contribution in [0.1, 0.15) is 11.1 Å². The predicted molar refractivity (Wildman–Crippen MR) is 71.5 cm³/mol. The summed E-state index contributed by atoms with van der Waals surface area (Å²) in [6.07, 6.45) is 0. The maximum Gasteiger partial charge on any atom is 0.272 e. The zero-order chi connectivity index (χ0) is 15.6. The fourth-order valence-electron chi connectivity index (χ4n) is 1.82. The van der Waals surface area contributed by atoms with E-state index in [1.54, 1.807) is 19.1 Å². The van der Waals surface area contributed by atoms with Gasteiger partial charge in [0.15, 0.2) is 11.6 Å². The number of benzene rings is 2. The van der Waals surface area contributed by atoms with E-state index in [9.17, 15) is 23.3 Å². The zero-order valence-corrected chi connectivity index (χ0v) is 11.0. The average Bonchev–Trinajstić information content (AvgIpc) is 2.42. The van der Waals surface area contributed by atoms with Crippen molar-refractivity contribution in [2.24, 2.45) is 0 Å². The molecule has 0 bridgehead atoms. The Morgan fingerprint density at radius 3 is 2.43 bits per heavy atom. The maximum atomic E-state index is 13.4. The lowest BCUT2D eigenvalue weighted by atomic mass is 10.1. The van der Waals surface area contributed by atoms with Gasteiger partial charge in [0.2, 0.25) is 0 Å². The van der Waals surface area contributed by atoms with Gasteiger partial charge >= 0.3 is 0 Å². The Morgan fingerprint density at radius 2 is 1.76 bits per heavy atom. The number of nitrogens with zero attached hydrogens (tertiary/aromatic N) is 1. The number of halogens is 3. The minimum absolute atomic E-state index is 0.0448. The molecule has 0 heterocycles. The van der Waals surface area contributed by atoms with Gasteiger partial charge in [0.1, 0.15) is 5.82 Å². The second-order valence-electron chi connectivity index (χ2n) is 4.48. The van der Waals surface area contributed by atoms with E-state index in [0.717, 1.165) is 0 Å². The smallest absolute Gasteiger partial charge is 0.272 e. The van der Waals surface area contributed by atoms with Crippen LogP contribution in [0.5, 0.6) is 0 Å². The lowest BCUT2D eigenvalue weighted by Crippen LogP contribution is -2.04. The van der Waals surface area contributed by atoms with Gasteiger partial charge in [0, 0.05) is 30.3 Å². The highest BCUT2D eigenvalue weighted by Gasteiger charge is 2.12. The van der Waals surface area contributed by atoms with Crippen molar-refractivity contribution in [2.75, 3.05) is 5.32 Å². The molecule has 2 rings (SSSR count). The first-order valence-corrected chi connectivity index (χ1v) is 6.01. The van der Waals surface area contributed by atoms with Crippen LogP contribution < -0.4 is 5.32 Å². The van der Waals surface area contributed by atoms with Crippen LogP contribution in [0.4, 0.5) is 24.5 Å². The molecule has 0 aliphatic heterocycles. The van der Waals surface area contributed by atoms with Gasteiger partial charge in [-0.2, -0.15) is 0 Å². The molecule has 7 heteroatoms. The molecule has 0 aliphatic rings. The van der Waals surface area contributed by atoms with Crippen molar-refractivity contribution in [3.8, 4) is 0 Å². The molecule has 0 fully saturated rings. The molecule has 0 atom stereocenters. The highest BCUT2D eigenvalue weighted by molar-refractivity contribution is 5.48. The number of nitro benzene ring substituents is 1. The lowest BCUT2D eigenvalue weighted by Gasteiger charge is -2.09. The Balaban J connectivity index is 2.19. The molecule has 0 radical (unpaired) electrons. The van der Waals surface area contributed by atoms with Gasteiger partial charge in [0.05, 0.1) is 10.6 Å². The molecule has 0 aromatic heterocycles.